The van der Waals surface area contributed by atoms with Crippen molar-refractivity contribution >= 4 is 11.4 Å². The first-order valence-electron chi connectivity index (χ1n) is 6.15. The van der Waals surface area contributed by atoms with E-state index in [1.54, 1.807) is 0 Å². The van der Waals surface area contributed by atoms with Crippen molar-refractivity contribution in [3.05, 3.63) is 29.8 Å². The molecule has 1 N–H and O–H groups in total. The van der Waals surface area contributed by atoms with Gasteiger partial charge in [0.05, 0.1) is 5.69 Å². The van der Waals surface area contributed by atoms with Crippen molar-refractivity contribution in [2.75, 3.05) is 5.43 Å². The molecule has 0 heterocycles. The van der Waals surface area contributed by atoms with Crippen molar-refractivity contribution in [3.8, 4) is 0 Å². The van der Waals surface area contributed by atoms with Crippen LogP contribution in [0.2, 0.25) is 0 Å². The smallest absolute Gasteiger partial charge is 0.0561 e. The monoisotopic (exact) mass is 216 g/mol. The molecule has 0 aromatic heterocycles. The fraction of sp³-hybridized carbons (Fsp3) is 0.500. The Balaban J connectivity index is 1.99. The zero-order valence-corrected chi connectivity index (χ0v) is 10.2. The Labute approximate surface area is 97.8 Å². The molecule has 2 rings (SSSR count). The van der Waals surface area contributed by atoms with Gasteiger partial charge in [0.15, 0.2) is 0 Å². The number of hydrazone groups is 1. The fourth-order valence-electron chi connectivity index (χ4n) is 2.10. The molecule has 1 aliphatic rings. The number of hydrogen-bond donors (Lipinski definition) is 1. The summed E-state index contributed by atoms with van der Waals surface area (Å²) < 4.78 is 0. The Bertz CT molecular complexity index is 365. The summed E-state index contributed by atoms with van der Waals surface area (Å²) in [5, 5.41) is 4.53. The van der Waals surface area contributed by atoms with Crippen LogP contribution >= 0.6 is 0 Å². The van der Waals surface area contributed by atoms with Gasteiger partial charge in [-0.15, -0.1) is 0 Å². The van der Waals surface area contributed by atoms with E-state index in [0.717, 1.165) is 12.1 Å². The molecule has 0 amide bonds. The highest BCUT2D eigenvalue weighted by Gasteiger charge is 2.15. The van der Waals surface area contributed by atoms with Crippen molar-refractivity contribution in [1.82, 2.24) is 0 Å². The second kappa shape index (κ2) is 5.15. The topological polar surface area (TPSA) is 24.4 Å². The lowest BCUT2D eigenvalue weighted by Gasteiger charge is -2.20. The van der Waals surface area contributed by atoms with Crippen LogP contribution in [0.3, 0.4) is 0 Å². The van der Waals surface area contributed by atoms with E-state index in [0.29, 0.717) is 5.92 Å². The zero-order chi connectivity index (χ0) is 11.4. The molecule has 1 aromatic rings. The average Bonchev–Trinajstić information content (AvgIpc) is 2.30. The summed E-state index contributed by atoms with van der Waals surface area (Å²) in [6.45, 7) is 4.37. The maximum atomic E-state index is 4.53. The summed E-state index contributed by atoms with van der Waals surface area (Å²) in [6.07, 6.45) is 5.08. The Kier molecular flexibility index (Phi) is 3.60. The van der Waals surface area contributed by atoms with Crippen LogP contribution in [0.5, 0.6) is 0 Å². The molecule has 1 aliphatic carbocycles. The molecule has 1 atom stereocenters. The quantitative estimate of drug-likeness (QED) is 0.743. The van der Waals surface area contributed by atoms with Gasteiger partial charge in [-0.2, -0.15) is 5.10 Å². The SMILES string of the molecule is Cc1ccc(N/N=C2/CCCC[C@H]2C)cc1. The van der Waals surface area contributed by atoms with E-state index in [4.69, 9.17) is 0 Å². The highest BCUT2D eigenvalue weighted by Crippen LogP contribution is 2.21. The molecule has 2 heteroatoms. The summed E-state index contributed by atoms with van der Waals surface area (Å²) in [4.78, 5) is 0. The molecule has 0 bridgehead atoms. The number of benzene rings is 1. The molecule has 0 unspecified atom stereocenters. The maximum Gasteiger partial charge on any atom is 0.0561 e. The second-order valence-electron chi connectivity index (χ2n) is 4.73. The molecule has 86 valence electrons. The van der Waals surface area contributed by atoms with E-state index < -0.39 is 0 Å². The minimum Gasteiger partial charge on any atom is -0.279 e. The summed E-state index contributed by atoms with van der Waals surface area (Å²) >= 11 is 0. The molecule has 16 heavy (non-hydrogen) atoms. The number of nitrogens with one attached hydrogen (secondary N) is 1. The van der Waals surface area contributed by atoms with Crippen molar-refractivity contribution in [2.24, 2.45) is 11.0 Å². The van der Waals surface area contributed by atoms with Gasteiger partial charge < -0.3 is 0 Å². The Hall–Kier alpha value is -1.31. The lowest BCUT2D eigenvalue weighted by Crippen LogP contribution is -2.17. The van der Waals surface area contributed by atoms with Crippen LogP contribution in [0.1, 0.15) is 38.2 Å². The predicted molar refractivity (Wildman–Crippen MR) is 69.9 cm³/mol. The Morgan fingerprint density at radius 1 is 1.19 bits per heavy atom. The summed E-state index contributed by atoms with van der Waals surface area (Å²) in [6, 6.07) is 8.36. The van der Waals surface area contributed by atoms with E-state index in [-0.39, 0.29) is 0 Å². The van der Waals surface area contributed by atoms with Crippen LogP contribution in [0.25, 0.3) is 0 Å². The number of anilines is 1. The maximum absolute atomic E-state index is 4.53. The van der Waals surface area contributed by atoms with Gasteiger partial charge in [-0.25, -0.2) is 0 Å². The van der Waals surface area contributed by atoms with Crippen LogP contribution in [0, 0.1) is 12.8 Å². The molecular formula is C14H20N2. The van der Waals surface area contributed by atoms with Crippen LogP contribution in [0.15, 0.2) is 29.4 Å². The number of aryl methyl sites for hydroxylation is 1. The summed E-state index contributed by atoms with van der Waals surface area (Å²) in [7, 11) is 0. The second-order valence-corrected chi connectivity index (χ2v) is 4.73. The van der Waals surface area contributed by atoms with Crippen molar-refractivity contribution in [3.63, 3.8) is 0 Å². The summed E-state index contributed by atoms with van der Waals surface area (Å²) in [5.74, 6) is 0.645. The van der Waals surface area contributed by atoms with Crippen molar-refractivity contribution < 1.29 is 0 Å². The van der Waals surface area contributed by atoms with Crippen LogP contribution < -0.4 is 5.43 Å². The fourth-order valence-corrected chi connectivity index (χ4v) is 2.10. The molecule has 0 saturated heterocycles. The van der Waals surface area contributed by atoms with Gasteiger partial charge in [0.25, 0.3) is 0 Å². The Morgan fingerprint density at radius 2 is 1.94 bits per heavy atom. The van der Waals surface area contributed by atoms with Gasteiger partial charge in [0.1, 0.15) is 0 Å². The number of nitrogens with zero attached hydrogens (tertiary/aromatic N) is 1. The first-order valence-corrected chi connectivity index (χ1v) is 6.15. The van der Waals surface area contributed by atoms with Crippen LogP contribution in [0.4, 0.5) is 5.69 Å². The van der Waals surface area contributed by atoms with Gasteiger partial charge >= 0.3 is 0 Å². The first kappa shape index (κ1) is 11.2. The normalized spacial score (nSPS) is 23.4. The van der Waals surface area contributed by atoms with Gasteiger partial charge in [-0.05, 0) is 44.2 Å². The van der Waals surface area contributed by atoms with Gasteiger partial charge in [-0.1, -0.05) is 31.0 Å². The summed E-state index contributed by atoms with van der Waals surface area (Å²) in [5.41, 5.74) is 6.85. The van der Waals surface area contributed by atoms with Crippen molar-refractivity contribution in [2.45, 2.75) is 39.5 Å². The molecule has 0 aliphatic heterocycles. The molecule has 0 radical (unpaired) electrons. The molecule has 2 nitrogen and oxygen atoms in total. The van der Waals surface area contributed by atoms with E-state index in [9.17, 15) is 0 Å². The third-order valence-corrected chi connectivity index (χ3v) is 3.27. The predicted octanol–water partition coefficient (Wildman–Crippen LogP) is 3.97. The van der Waals surface area contributed by atoms with Crippen LogP contribution in [-0.2, 0) is 0 Å². The lowest BCUT2D eigenvalue weighted by atomic mass is 9.89. The highest BCUT2D eigenvalue weighted by atomic mass is 15.3. The zero-order valence-electron chi connectivity index (χ0n) is 10.2. The van der Waals surface area contributed by atoms with Gasteiger partial charge in [-0.3, -0.25) is 5.43 Å². The number of hydrogen-bond acceptors (Lipinski definition) is 2. The van der Waals surface area contributed by atoms with E-state index in [1.165, 1.54) is 30.5 Å². The molecular weight excluding hydrogens is 196 g/mol. The third kappa shape index (κ3) is 2.84. The van der Waals surface area contributed by atoms with Crippen LogP contribution in [-0.4, -0.2) is 5.71 Å². The molecule has 0 spiro atoms. The number of rotatable bonds is 2. The minimum absolute atomic E-state index is 0.645. The minimum atomic E-state index is 0.645. The van der Waals surface area contributed by atoms with E-state index in [2.05, 4.69) is 48.6 Å². The molecule has 1 saturated carbocycles. The highest BCUT2D eigenvalue weighted by molar-refractivity contribution is 5.87. The van der Waals surface area contributed by atoms with E-state index in [1.807, 2.05) is 0 Å². The first-order chi connectivity index (χ1) is 7.75. The largest absolute Gasteiger partial charge is 0.279 e. The Morgan fingerprint density at radius 3 is 2.62 bits per heavy atom. The van der Waals surface area contributed by atoms with E-state index >= 15 is 0 Å². The molecule has 1 fully saturated rings. The van der Waals surface area contributed by atoms with Gasteiger partial charge in [0.2, 0.25) is 0 Å². The average molecular weight is 216 g/mol. The lowest BCUT2D eigenvalue weighted by molar-refractivity contribution is 0.558. The van der Waals surface area contributed by atoms with Crippen molar-refractivity contribution in [1.29, 1.82) is 0 Å². The third-order valence-electron chi connectivity index (χ3n) is 3.27. The standard InChI is InChI=1S/C14H20N2/c1-11-7-9-13(10-8-11)15-16-14-6-4-3-5-12(14)2/h7-10,12,15H,3-6H2,1-2H3/b16-14-/t12-/m1/s1. The van der Waals surface area contributed by atoms with Gasteiger partial charge in [0, 0.05) is 5.71 Å². The molecule has 1 aromatic carbocycles.